The van der Waals surface area contributed by atoms with Crippen LogP contribution in [-0.2, 0) is 19.1 Å². The Morgan fingerprint density at radius 1 is 1.38 bits per heavy atom. The van der Waals surface area contributed by atoms with Crippen molar-refractivity contribution in [2.75, 3.05) is 44.4 Å². The van der Waals surface area contributed by atoms with Gasteiger partial charge in [-0.3, -0.25) is 9.59 Å². The molecular weight excluding hydrogens is 328 g/mol. The first-order valence-electron chi connectivity index (χ1n) is 8.47. The Morgan fingerprint density at radius 3 is 3.00 bits per heavy atom. The van der Waals surface area contributed by atoms with Gasteiger partial charge in [-0.05, 0) is 30.2 Å². The van der Waals surface area contributed by atoms with E-state index in [-0.39, 0.29) is 18.4 Å². The fraction of sp³-hybridized carbons (Fsp3) is 0.647. The standard InChI is InChI=1S/C17H22N2O4S/c20-15(7-13-1-2-13)18-4-5-22-12-17(10-18)11-19(16(21)8-23-17)14-3-6-24-9-14/h3,6,9,13H,1-2,4-5,7-8,10-12H2. The number of rotatable bonds is 3. The average molecular weight is 350 g/mol. The molecule has 1 spiro atoms. The summed E-state index contributed by atoms with van der Waals surface area (Å²) in [5, 5.41) is 3.92. The molecule has 0 aromatic carbocycles. The molecule has 2 aliphatic heterocycles. The van der Waals surface area contributed by atoms with Crippen molar-refractivity contribution >= 4 is 28.8 Å². The molecular formula is C17H22N2O4S. The van der Waals surface area contributed by atoms with Gasteiger partial charge in [0.2, 0.25) is 5.91 Å². The van der Waals surface area contributed by atoms with Gasteiger partial charge in [0.25, 0.3) is 5.91 Å². The highest BCUT2D eigenvalue weighted by Crippen LogP contribution is 2.34. The van der Waals surface area contributed by atoms with E-state index in [9.17, 15) is 9.59 Å². The van der Waals surface area contributed by atoms with Gasteiger partial charge in [-0.1, -0.05) is 0 Å². The zero-order valence-electron chi connectivity index (χ0n) is 13.6. The van der Waals surface area contributed by atoms with Crippen molar-refractivity contribution in [1.82, 2.24) is 4.90 Å². The summed E-state index contributed by atoms with van der Waals surface area (Å²) >= 11 is 1.56. The Balaban J connectivity index is 1.51. The maximum absolute atomic E-state index is 12.5. The molecule has 3 aliphatic rings. The Morgan fingerprint density at radius 2 is 2.25 bits per heavy atom. The van der Waals surface area contributed by atoms with E-state index in [0.717, 1.165) is 18.5 Å². The topological polar surface area (TPSA) is 59.1 Å². The Labute approximate surface area is 145 Å². The summed E-state index contributed by atoms with van der Waals surface area (Å²) in [7, 11) is 0. The summed E-state index contributed by atoms with van der Waals surface area (Å²) in [5.74, 6) is 0.706. The van der Waals surface area contributed by atoms with Crippen LogP contribution in [0, 0.1) is 5.92 Å². The lowest BCUT2D eigenvalue weighted by molar-refractivity contribution is -0.149. The van der Waals surface area contributed by atoms with E-state index in [1.54, 1.807) is 16.2 Å². The Kier molecular flexibility index (Phi) is 4.32. The second-order valence-electron chi connectivity index (χ2n) is 6.95. The molecule has 1 saturated carbocycles. The lowest BCUT2D eigenvalue weighted by Gasteiger charge is -2.42. The van der Waals surface area contributed by atoms with Crippen LogP contribution in [0.3, 0.4) is 0 Å². The van der Waals surface area contributed by atoms with Gasteiger partial charge >= 0.3 is 0 Å². The van der Waals surface area contributed by atoms with Crippen molar-refractivity contribution in [3.8, 4) is 0 Å². The van der Waals surface area contributed by atoms with Gasteiger partial charge in [0.05, 0.1) is 32.0 Å². The number of ether oxygens (including phenoxy) is 2. The molecule has 6 nitrogen and oxygen atoms in total. The molecule has 1 atom stereocenters. The maximum Gasteiger partial charge on any atom is 0.253 e. The van der Waals surface area contributed by atoms with Crippen molar-refractivity contribution in [2.24, 2.45) is 5.92 Å². The molecule has 3 heterocycles. The average Bonchev–Trinajstić information content (AvgIpc) is 3.27. The lowest BCUT2D eigenvalue weighted by atomic mass is 10.0. The minimum Gasteiger partial charge on any atom is -0.376 e. The number of hydrogen-bond acceptors (Lipinski definition) is 5. The summed E-state index contributed by atoms with van der Waals surface area (Å²) in [5.41, 5.74) is 0.263. The van der Waals surface area contributed by atoms with Crippen molar-refractivity contribution in [3.05, 3.63) is 16.8 Å². The quantitative estimate of drug-likeness (QED) is 0.829. The third-order valence-electron chi connectivity index (χ3n) is 4.93. The maximum atomic E-state index is 12.5. The summed E-state index contributed by atoms with van der Waals surface area (Å²) in [6, 6.07) is 1.94. The first-order chi connectivity index (χ1) is 11.7. The third-order valence-corrected chi connectivity index (χ3v) is 5.60. The van der Waals surface area contributed by atoms with Crippen LogP contribution in [0.2, 0.25) is 0 Å². The highest BCUT2D eigenvalue weighted by Gasteiger charge is 2.44. The van der Waals surface area contributed by atoms with E-state index >= 15 is 0 Å². The number of thiophene rings is 1. The molecule has 1 aliphatic carbocycles. The van der Waals surface area contributed by atoms with E-state index in [0.29, 0.717) is 45.2 Å². The minimum atomic E-state index is -0.633. The van der Waals surface area contributed by atoms with E-state index in [4.69, 9.17) is 9.47 Å². The SMILES string of the molecule is O=C(CC1CC1)N1CCOCC2(C1)CN(c1ccsc1)C(=O)CO2. The predicted molar refractivity (Wildman–Crippen MR) is 90.1 cm³/mol. The van der Waals surface area contributed by atoms with Crippen LogP contribution in [0.4, 0.5) is 5.69 Å². The summed E-state index contributed by atoms with van der Waals surface area (Å²) in [4.78, 5) is 28.4. The molecule has 1 unspecified atom stereocenters. The number of amides is 2. The number of carbonyl (C=O) groups excluding carboxylic acids is 2. The van der Waals surface area contributed by atoms with Crippen molar-refractivity contribution in [3.63, 3.8) is 0 Å². The molecule has 130 valence electrons. The van der Waals surface area contributed by atoms with Crippen LogP contribution in [0.15, 0.2) is 16.8 Å². The second-order valence-corrected chi connectivity index (χ2v) is 7.73. The van der Waals surface area contributed by atoms with Crippen LogP contribution in [0.25, 0.3) is 0 Å². The van der Waals surface area contributed by atoms with Crippen LogP contribution >= 0.6 is 11.3 Å². The molecule has 0 N–H and O–H groups in total. The van der Waals surface area contributed by atoms with Gasteiger partial charge in [0, 0.05) is 18.3 Å². The fourth-order valence-corrected chi connectivity index (χ4v) is 4.00. The minimum absolute atomic E-state index is 0.0316. The van der Waals surface area contributed by atoms with E-state index in [1.165, 1.54) is 0 Å². The van der Waals surface area contributed by atoms with Crippen molar-refractivity contribution in [1.29, 1.82) is 0 Å². The van der Waals surface area contributed by atoms with Gasteiger partial charge < -0.3 is 19.3 Å². The predicted octanol–water partition coefficient (Wildman–Crippen LogP) is 1.51. The lowest BCUT2D eigenvalue weighted by Crippen LogP contribution is -2.61. The fourth-order valence-electron chi connectivity index (χ4n) is 3.36. The highest BCUT2D eigenvalue weighted by molar-refractivity contribution is 7.08. The zero-order chi connectivity index (χ0) is 16.6. The third kappa shape index (κ3) is 3.34. The van der Waals surface area contributed by atoms with Crippen LogP contribution < -0.4 is 4.90 Å². The number of morpholine rings is 1. The molecule has 0 radical (unpaired) electrons. The van der Waals surface area contributed by atoms with Gasteiger partial charge in [-0.2, -0.15) is 11.3 Å². The molecule has 4 rings (SSSR count). The first kappa shape index (κ1) is 16.1. The molecule has 1 aromatic heterocycles. The van der Waals surface area contributed by atoms with Crippen molar-refractivity contribution in [2.45, 2.75) is 24.9 Å². The normalized spacial score (nSPS) is 28.2. The highest BCUT2D eigenvalue weighted by atomic mass is 32.1. The summed E-state index contributed by atoms with van der Waals surface area (Å²) in [6.45, 7) is 2.48. The monoisotopic (exact) mass is 350 g/mol. The number of anilines is 1. The van der Waals surface area contributed by atoms with Crippen molar-refractivity contribution < 1.29 is 19.1 Å². The van der Waals surface area contributed by atoms with Gasteiger partial charge in [-0.15, -0.1) is 0 Å². The molecule has 24 heavy (non-hydrogen) atoms. The molecule has 3 fully saturated rings. The van der Waals surface area contributed by atoms with E-state index in [2.05, 4.69) is 0 Å². The molecule has 0 bridgehead atoms. The van der Waals surface area contributed by atoms with E-state index < -0.39 is 5.60 Å². The van der Waals surface area contributed by atoms with E-state index in [1.807, 2.05) is 21.7 Å². The molecule has 2 amide bonds. The largest absolute Gasteiger partial charge is 0.376 e. The summed E-state index contributed by atoms with van der Waals surface area (Å²) < 4.78 is 11.7. The Bertz CT molecular complexity index is 616. The zero-order valence-corrected chi connectivity index (χ0v) is 14.4. The van der Waals surface area contributed by atoms with Gasteiger partial charge in [0.15, 0.2) is 0 Å². The molecule has 2 saturated heterocycles. The van der Waals surface area contributed by atoms with Crippen LogP contribution in [0.1, 0.15) is 19.3 Å². The number of hydrogen-bond donors (Lipinski definition) is 0. The Hall–Kier alpha value is -1.44. The number of carbonyl (C=O) groups is 2. The van der Waals surface area contributed by atoms with Gasteiger partial charge in [-0.25, -0.2) is 0 Å². The smallest absolute Gasteiger partial charge is 0.253 e. The van der Waals surface area contributed by atoms with Crippen LogP contribution in [0.5, 0.6) is 0 Å². The van der Waals surface area contributed by atoms with Gasteiger partial charge in [0.1, 0.15) is 12.2 Å². The van der Waals surface area contributed by atoms with Crippen LogP contribution in [-0.4, -0.2) is 61.8 Å². The number of nitrogens with zero attached hydrogens (tertiary/aromatic N) is 2. The molecule has 7 heteroatoms. The second kappa shape index (κ2) is 6.46. The summed E-state index contributed by atoms with van der Waals surface area (Å²) in [6.07, 6.45) is 2.96. The molecule has 1 aromatic rings. The first-order valence-corrected chi connectivity index (χ1v) is 9.42.